The van der Waals surface area contributed by atoms with Crippen LogP contribution in [0.25, 0.3) is 0 Å². The second-order valence-corrected chi connectivity index (χ2v) is 4.64. The van der Waals surface area contributed by atoms with E-state index in [1.807, 2.05) is 0 Å². The van der Waals surface area contributed by atoms with Crippen LogP contribution >= 0.6 is 0 Å². The summed E-state index contributed by atoms with van der Waals surface area (Å²) in [6, 6.07) is 4.12. The first kappa shape index (κ1) is 9.97. The minimum Gasteiger partial charge on any atom is -0.486 e. The van der Waals surface area contributed by atoms with E-state index < -0.39 is 0 Å². The number of benzene rings is 1. The van der Waals surface area contributed by atoms with Gasteiger partial charge in [-0.3, -0.25) is 0 Å². The Morgan fingerprint density at radius 2 is 1.69 bits per heavy atom. The molecule has 2 aliphatic heterocycles. The molecule has 2 aliphatic rings. The highest BCUT2D eigenvalue weighted by molar-refractivity contribution is 5.49. The number of hydrogen-bond acceptors (Lipinski definition) is 3. The molecule has 1 fully saturated rings. The smallest absolute Gasteiger partial charge is 0.161 e. The Morgan fingerprint density at radius 3 is 2.25 bits per heavy atom. The molecule has 86 valence electrons. The summed E-state index contributed by atoms with van der Waals surface area (Å²) in [5.41, 5.74) is 2.31. The Labute approximate surface area is 95.3 Å². The van der Waals surface area contributed by atoms with Crippen molar-refractivity contribution in [3.05, 3.63) is 23.3 Å². The fourth-order valence-electron chi connectivity index (χ4n) is 2.38. The van der Waals surface area contributed by atoms with Crippen LogP contribution in [-0.4, -0.2) is 19.8 Å². The molecule has 1 saturated heterocycles. The van der Waals surface area contributed by atoms with Crippen LogP contribution < -0.4 is 9.47 Å². The zero-order valence-corrected chi connectivity index (χ0v) is 9.71. The molecule has 0 aromatic heterocycles. The second-order valence-electron chi connectivity index (χ2n) is 4.64. The number of ether oxygens (including phenoxy) is 3. The Morgan fingerprint density at radius 1 is 1.06 bits per heavy atom. The maximum Gasteiger partial charge on any atom is 0.161 e. The molecule has 0 bridgehead atoms. The number of fused-ring (bicyclic) bond motifs is 1. The number of aryl methyl sites for hydroxylation is 1. The summed E-state index contributed by atoms with van der Waals surface area (Å²) in [5, 5.41) is 0. The molecule has 0 aliphatic carbocycles. The highest BCUT2D eigenvalue weighted by atomic mass is 16.6. The highest BCUT2D eigenvalue weighted by Gasteiger charge is 2.37. The molecule has 3 nitrogen and oxygen atoms in total. The van der Waals surface area contributed by atoms with E-state index in [0.29, 0.717) is 13.2 Å². The first-order valence-corrected chi connectivity index (χ1v) is 5.74. The van der Waals surface area contributed by atoms with E-state index >= 15 is 0 Å². The van der Waals surface area contributed by atoms with Crippen molar-refractivity contribution in [2.45, 2.75) is 25.9 Å². The third-order valence-corrected chi connectivity index (χ3v) is 3.46. The van der Waals surface area contributed by atoms with Crippen LogP contribution in [0, 0.1) is 6.92 Å². The van der Waals surface area contributed by atoms with E-state index in [2.05, 4.69) is 26.0 Å². The molecule has 0 radical (unpaired) electrons. The fraction of sp³-hybridized carbons (Fsp3) is 0.538. The lowest BCUT2D eigenvalue weighted by atomic mass is 9.85. The van der Waals surface area contributed by atoms with Gasteiger partial charge in [-0.15, -0.1) is 0 Å². The first-order chi connectivity index (χ1) is 7.69. The lowest BCUT2D eigenvalue weighted by molar-refractivity contribution is -0.141. The number of rotatable bonds is 1. The largest absolute Gasteiger partial charge is 0.486 e. The molecule has 1 atom stereocenters. The van der Waals surface area contributed by atoms with Gasteiger partial charge in [-0.25, -0.2) is 0 Å². The first-order valence-electron chi connectivity index (χ1n) is 5.74. The lowest BCUT2D eigenvalue weighted by Gasteiger charge is -2.40. The van der Waals surface area contributed by atoms with E-state index in [-0.39, 0.29) is 5.60 Å². The predicted molar refractivity (Wildman–Crippen MR) is 60.1 cm³/mol. The molecule has 0 spiro atoms. The molecule has 1 aromatic rings. The molecule has 1 unspecified atom stereocenters. The van der Waals surface area contributed by atoms with E-state index in [9.17, 15) is 0 Å². The van der Waals surface area contributed by atoms with Gasteiger partial charge in [-0.1, -0.05) is 0 Å². The quantitative estimate of drug-likeness (QED) is 0.727. The molecule has 2 heterocycles. The predicted octanol–water partition coefficient (Wildman–Crippen LogP) is 2.40. The molecule has 0 N–H and O–H groups in total. The third kappa shape index (κ3) is 1.39. The van der Waals surface area contributed by atoms with Crippen molar-refractivity contribution < 1.29 is 14.2 Å². The molecular formula is C13H16O3. The van der Waals surface area contributed by atoms with Crippen molar-refractivity contribution in [3.8, 4) is 11.5 Å². The molecule has 1 aromatic carbocycles. The normalized spacial score (nSPS) is 27.4. The van der Waals surface area contributed by atoms with Crippen LogP contribution in [0.4, 0.5) is 0 Å². The van der Waals surface area contributed by atoms with Crippen LogP contribution in [0.5, 0.6) is 11.5 Å². The Kier molecular flexibility index (Phi) is 2.11. The molecule has 0 saturated carbocycles. The van der Waals surface area contributed by atoms with Crippen LogP contribution in [0.1, 0.15) is 24.5 Å². The van der Waals surface area contributed by atoms with Crippen molar-refractivity contribution in [2.75, 3.05) is 19.8 Å². The Bertz CT molecular complexity index is 421. The van der Waals surface area contributed by atoms with Crippen LogP contribution in [-0.2, 0) is 10.3 Å². The van der Waals surface area contributed by atoms with Gasteiger partial charge in [0, 0.05) is 6.42 Å². The molecular weight excluding hydrogens is 204 g/mol. The van der Waals surface area contributed by atoms with Gasteiger partial charge in [0.25, 0.3) is 0 Å². The summed E-state index contributed by atoms with van der Waals surface area (Å²) in [4.78, 5) is 0. The minimum atomic E-state index is -0.125. The fourth-order valence-corrected chi connectivity index (χ4v) is 2.38. The van der Waals surface area contributed by atoms with Crippen molar-refractivity contribution in [3.63, 3.8) is 0 Å². The lowest BCUT2D eigenvalue weighted by Crippen LogP contribution is -2.38. The summed E-state index contributed by atoms with van der Waals surface area (Å²) in [5.74, 6) is 1.71. The molecule has 0 amide bonds. The van der Waals surface area contributed by atoms with Gasteiger partial charge in [0.1, 0.15) is 13.2 Å². The van der Waals surface area contributed by atoms with Gasteiger partial charge in [0.15, 0.2) is 11.5 Å². The maximum absolute atomic E-state index is 5.68. The van der Waals surface area contributed by atoms with Gasteiger partial charge in [-0.2, -0.15) is 0 Å². The molecule has 16 heavy (non-hydrogen) atoms. The Balaban J connectivity index is 2.05. The maximum atomic E-state index is 5.68. The van der Waals surface area contributed by atoms with Crippen molar-refractivity contribution in [2.24, 2.45) is 0 Å². The topological polar surface area (TPSA) is 27.7 Å². The zero-order chi connectivity index (χ0) is 11.2. The molecule has 3 heteroatoms. The third-order valence-electron chi connectivity index (χ3n) is 3.46. The van der Waals surface area contributed by atoms with Gasteiger partial charge in [-0.05, 0) is 37.1 Å². The van der Waals surface area contributed by atoms with Crippen molar-refractivity contribution in [1.29, 1.82) is 0 Å². The van der Waals surface area contributed by atoms with E-state index in [1.165, 1.54) is 11.1 Å². The zero-order valence-electron chi connectivity index (χ0n) is 9.71. The average Bonchev–Trinajstić information content (AvgIpc) is 2.25. The van der Waals surface area contributed by atoms with Gasteiger partial charge >= 0.3 is 0 Å². The Hall–Kier alpha value is -1.22. The second kappa shape index (κ2) is 3.39. The monoisotopic (exact) mass is 220 g/mol. The SMILES string of the molecule is Cc1cc2c(cc1C1(C)CCO1)OCCO2. The number of hydrogen-bond donors (Lipinski definition) is 0. The summed E-state index contributed by atoms with van der Waals surface area (Å²) in [7, 11) is 0. The van der Waals surface area contributed by atoms with Crippen molar-refractivity contribution >= 4 is 0 Å². The minimum absolute atomic E-state index is 0.125. The summed E-state index contributed by atoms with van der Waals surface area (Å²) in [6.45, 7) is 6.35. The summed E-state index contributed by atoms with van der Waals surface area (Å²) < 4.78 is 16.8. The van der Waals surface area contributed by atoms with E-state index in [4.69, 9.17) is 14.2 Å². The summed E-state index contributed by atoms with van der Waals surface area (Å²) >= 11 is 0. The average molecular weight is 220 g/mol. The van der Waals surface area contributed by atoms with E-state index in [1.54, 1.807) is 0 Å². The highest BCUT2D eigenvalue weighted by Crippen LogP contribution is 2.43. The molecule has 3 rings (SSSR count). The van der Waals surface area contributed by atoms with Crippen molar-refractivity contribution in [1.82, 2.24) is 0 Å². The van der Waals surface area contributed by atoms with Crippen LogP contribution in [0.2, 0.25) is 0 Å². The van der Waals surface area contributed by atoms with Gasteiger partial charge < -0.3 is 14.2 Å². The standard InChI is InChI=1S/C13H16O3/c1-9-7-11-12(15-6-5-14-11)8-10(9)13(2)3-4-16-13/h7-8H,3-6H2,1-2H3. The van der Waals surface area contributed by atoms with E-state index in [0.717, 1.165) is 24.5 Å². The van der Waals surface area contributed by atoms with Crippen LogP contribution in [0.3, 0.4) is 0 Å². The van der Waals surface area contributed by atoms with Gasteiger partial charge in [0.05, 0.1) is 12.2 Å². The van der Waals surface area contributed by atoms with Crippen LogP contribution in [0.15, 0.2) is 12.1 Å². The van der Waals surface area contributed by atoms with Gasteiger partial charge in [0.2, 0.25) is 0 Å². The summed E-state index contributed by atoms with van der Waals surface area (Å²) in [6.07, 6.45) is 1.08.